The molecule has 0 aromatic heterocycles. The van der Waals surface area contributed by atoms with E-state index < -0.39 is 16.1 Å². The van der Waals surface area contributed by atoms with Crippen molar-refractivity contribution in [2.24, 2.45) is 0 Å². The van der Waals surface area contributed by atoms with Crippen LogP contribution in [0.3, 0.4) is 0 Å². The number of hydrogen-bond donors (Lipinski definition) is 2. The van der Waals surface area contributed by atoms with Crippen LogP contribution in [0.1, 0.15) is 20.8 Å². The molecule has 0 fully saturated rings. The smallest absolute Gasteiger partial charge is 0.238 e. The van der Waals surface area contributed by atoms with Crippen molar-refractivity contribution in [1.29, 1.82) is 0 Å². The van der Waals surface area contributed by atoms with Gasteiger partial charge in [-0.2, -0.15) is 0 Å². The Labute approximate surface area is 79.0 Å². The maximum atomic E-state index is 11.2. The molecule has 0 aliphatic heterocycles. The van der Waals surface area contributed by atoms with E-state index in [9.17, 15) is 13.2 Å². The average Bonchev–Trinajstić information content (AvgIpc) is 1.81. The number of nitrogens with one attached hydrogen (secondary N) is 2. The van der Waals surface area contributed by atoms with E-state index in [1.165, 1.54) is 6.92 Å². The molecule has 0 unspecified atom stereocenters. The van der Waals surface area contributed by atoms with E-state index in [4.69, 9.17) is 0 Å². The van der Waals surface area contributed by atoms with Crippen molar-refractivity contribution in [3.8, 4) is 0 Å². The van der Waals surface area contributed by atoms with Crippen molar-refractivity contribution < 1.29 is 13.2 Å². The molecular formula is C7H16N2O3S. The Balaban J connectivity index is 4.13. The van der Waals surface area contributed by atoms with E-state index >= 15 is 0 Å². The highest BCUT2D eigenvalue weighted by molar-refractivity contribution is 7.88. The molecule has 0 saturated heterocycles. The fourth-order valence-corrected chi connectivity index (χ4v) is 1.53. The van der Waals surface area contributed by atoms with E-state index in [-0.39, 0.29) is 11.9 Å². The van der Waals surface area contributed by atoms with Crippen molar-refractivity contribution in [3.63, 3.8) is 0 Å². The standard InChI is InChI=1S/C7H16N2O3S/c1-5(2)8-7(10)6(3)9-13(4,11)12/h5-6,9H,1-4H3,(H,8,10)/t6-/m0/s1. The fraction of sp³-hybridized carbons (Fsp3) is 0.857. The lowest BCUT2D eigenvalue weighted by Gasteiger charge is -2.14. The lowest BCUT2D eigenvalue weighted by Crippen LogP contribution is -2.46. The normalized spacial score (nSPS) is 14.2. The Bertz CT molecular complexity index is 271. The molecule has 1 atom stereocenters. The molecule has 0 radical (unpaired) electrons. The minimum Gasteiger partial charge on any atom is -0.353 e. The van der Waals surface area contributed by atoms with Gasteiger partial charge in [-0.3, -0.25) is 4.79 Å². The van der Waals surface area contributed by atoms with E-state index in [0.717, 1.165) is 6.26 Å². The maximum Gasteiger partial charge on any atom is 0.238 e. The lowest BCUT2D eigenvalue weighted by atomic mass is 10.3. The summed E-state index contributed by atoms with van der Waals surface area (Å²) in [6, 6.07) is -0.714. The Hall–Kier alpha value is -0.620. The van der Waals surface area contributed by atoms with Crippen molar-refractivity contribution in [1.82, 2.24) is 10.0 Å². The summed E-state index contributed by atoms with van der Waals surface area (Å²) < 4.78 is 23.7. The largest absolute Gasteiger partial charge is 0.353 e. The zero-order chi connectivity index (χ0) is 10.6. The van der Waals surface area contributed by atoms with Crippen molar-refractivity contribution in [2.75, 3.05) is 6.26 Å². The van der Waals surface area contributed by atoms with Crippen LogP contribution < -0.4 is 10.0 Å². The van der Waals surface area contributed by atoms with Gasteiger partial charge < -0.3 is 5.32 Å². The Kier molecular flexibility index (Phi) is 4.35. The second-order valence-corrected chi connectivity index (χ2v) is 5.06. The molecule has 0 aromatic rings. The van der Waals surface area contributed by atoms with Gasteiger partial charge in [-0.1, -0.05) is 0 Å². The Morgan fingerprint density at radius 3 is 2.00 bits per heavy atom. The third kappa shape index (κ3) is 6.53. The third-order valence-corrected chi connectivity index (χ3v) is 2.00. The van der Waals surface area contributed by atoms with Crippen LogP contribution >= 0.6 is 0 Å². The molecule has 0 bridgehead atoms. The van der Waals surface area contributed by atoms with Gasteiger partial charge in [0, 0.05) is 6.04 Å². The van der Waals surface area contributed by atoms with Gasteiger partial charge in [-0.05, 0) is 20.8 Å². The van der Waals surface area contributed by atoms with E-state index in [2.05, 4.69) is 10.0 Å². The summed E-state index contributed by atoms with van der Waals surface area (Å²) >= 11 is 0. The first-order valence-corrected chi connectivity index (χ1v) is 5.89. The molecule has 5 nitrogen and oxygen atoms in total. The first-order valence-electron chi connectivity index (χ1n) is 4.00. The highest BCUT2D eigenvalue weighted by atomic mass is 32.2. The topological polar surface area (TPSA) is 75.3 Å². The van der Waals surface area contributed by atoms with Crippen LogP contribution in [-0.2, 0) is 14.8 Å². The number of carbonyl (C=O) groups excluding carboxylic acids is 1. The van der Waals surface area contributed by atoms with Gasteiger partial charge >= 0.3 is 0 Å². The summed E-state index contributed by atoms with van der Waals surface area (Å²) in [5.74, 6) is -0.319. The molecule has 6 heteroatoms. The molecule has 0 heterocycles. The minimum atomic E-state index is -3.32. The number of rotatable bonds is 4. The number of hydrogen-bond acceptors (Lipinski definition) is 3. The molecular weight excluding hydrogens is 192 g/mol. The SMILES string of the molecule is CC(C)NC(=O)[C@H](C)NS(C)(=O)=O. The van der Waals surface area contributed by atoms with Gasteiger partial charge in [0.1, 0.15) is 0 Å². The van der Waals surface area contributed by atoms with Crippen molar-refractivity contribution in [3.05, 3.63) is 0 Å². The lowest BCUT2D eigenvalue weighted by molar-refractivity contribution is -0.122. The monoisotopic (exact) mass is 208 g/mol. The zero-order valence-corrected chi connectivity index (χ0v) is 9.10. The summed E-state index contributed by atoms with van der Waals surface area (Å²) in [4.78, 5) is 11.2. The van der Waals surface area contributed by atoms with Crippen LogP contribution in [0.4, 0.5) is 0 Å². The summed E-state index contributed by atoms with van der Waals surface area (Å²) in [5, 5.41) is 2.60. The fourth-order valence-electron chi connectivity index (χ4n) is 0.784. The first-order chi connectivity index (χ1) is 5.72. The molecule has 0 rings (SSSR count). The van der Waals surface area contributed by atoms with Gasteiger partial charge in [0.25, 0.3) is 0 Å². The number of amides is 1. The summed E-state index contributed by atoms with van der Waals surface area (Å²) in [7, 11) is -3.32. The van der Waals surface area contributed by atoms with Gasteiger partial charge in [0.05, 0.1) is 12.3 Å². The van der Waals surface area contributed by atoms with Crippen LogP contribution in [0.15, 0.2) is 0 Å². The van der Waals surface area contributed by atoms with Crippen molar-refractivity contribution >= 4 is 15.9 Å². The third-order valence-electron chi connectivity index (χ3n) is 1.22. The second-order valence-electron chi connectivity index (χ2n) is 3.27. The predicted octanol–water partition coefficient (Wildman–Crippen LogP) is -0.551. The minimum absolute atomic E-state index is 0.0105. The maximum absolute atomic E-state index is 11.2. The van der Waals surface area contributed by atoms with Gasteiger partial charge in [-0.15, -0.1) is 0 Å². The molecule has 1 amide bonds. The molecule has 13 heavy (non-hydrogen) atoms. The zero-order valence-electron chi connectivity index (χ0n) is 8.29. The van der Waals surface area contributed by atoms with Gasteiger partial charge in [0.15, 0.2) is 0 Å². The van der Waals surface area contributed by atoms with Crippen LogP contribution in [0.2, 0.25) is 0 Å². The van der Waals surface area contributed by atoms with Crippen LogP contribution in [0.25, 0.3) is 0 Å². The van der Waals surface area contributed by atoms with Crippen LogP contribution in [0, 0.1) is 0 Å². The van der Waals surface area contributed by atoms with Crippen LogP contribution in [0.5, 0.6) is 0 Å². The Morgan fingerprint density at radius 2 is 1.69 bits per heavy atom. The second kappa shape index (κ2) is 4.57. The molecule has 78 valence electrons. The average molecular weight is 208 g/mol. The molecule has 0 saturated carbocycles. The van der Waals surface area contributed by atoms with Gasteiger partial charge in [0.2, 0.25) is 15.9 Å². The number of sulfonamides is 1. The summed E-state index contributed by atoms with van der Waals surface area (Å²) in [6.07, 6.45) is 1.02. The van der Waals surface area contributed by atoms with E-state index in [0.29, 0.717) is 0 Å². The van der Waals surface area contributed by atoms with E-state index in [1.807, 2.05) is 13.8 Å². The molecule has 0 aliphatic rings. The quantitative estimate of drug-likeness (QED) is 0.651. The molecule has 0 spiro atoms. The van der Waals surface area contributed by atoms with E-state index in [1.54, 1.807) is 0 Å². The molecule has 2 N–H and O–H groups in total. The van der Waals surface area contributed by atoms with Crippen molar-refractivity contribution in [2.45, 2.75) is 32.9 Å². The summed E-state index contributed by atoms with van der Waals surface area (Å²) in [5.41, 5.74) is 0. The molecule has 0 aliphatic carbocycles. The highest BCUT2D eigenvalue weighted by Crippen LogP contribution is 1.87. The first kappa shape index (κ1) is 12.4. The van der Waals surface area contributed by atoms with Gasteiger partial charge in [-0.25, -0.2) is 13.1 Å². The summed E-state index contributed by atoms with van der Waals surface area (Å²) in [6.45, 7) is 5.12. The predicted molar refractivity (Wildman–Crippen MR) is 50.7 cm³/mol. The van der Waals surface area contributed by atoms with Crippen LogP contribution in [-0.4, -0.2) is 32.7 Å². The Morgan fingerprint density at radius 1 is 1.23 bits per heavy atom. The highest BCUT2D eigenvalue weighted by Gasteiger charge is 2.16. The number of carbonyl (C=O) groups is 1. The molecule has 0 aromatic carbocycles.